The molecule has 0 aromatic heterocycles. The van der Waals surface area contributed by atoms with Gasteiger partial charge in [-0.15, -0.1) is 0 Å². The first-order valence-corrected chi connectivity index (χ1v) is 4.89. The Morgan fingerprint density at radius 3 is 2.62 bits per heavy atom. The molecule has 0 N–H and O–H groups in total. The van der Waals surface area contributed by atoms with Gasteiger partial charge in [0.15, 0.2) is 12.2 Å². The fourth-order valence-corrected chi connectivity index (χ4v) is 1.06. The van der Waals surface area contributed by atoms with Gasteiger partial charge >= 0.3 is 0 Å². The van der Waals surface area contributed by atoms with Gasteiger partial charge in [0.1, 0.15) is 6.61 Å². The number of aliphatic imine (C=N–C) groups is 1. The van der Waals surface area contributed by atoms with Crippen molar-refractivity contribution in [1.29, 1.82) is 5.26 Å². The minimum atomic E-state index is -0.117. The molecule has 0 atom stereocenters. The highest BCUT2D eigenvalue weighted by molar-refractivity contribution is 5.97. The summed E-state index contributed by atoms with van der Waals surface area (Å²) in [4.78, 5) is 14.8. The monoisotopic (exact) mass is 216 g/mol. The van der Waals surface area contributed by atoms with Gasteiger partial charge in [-0.2, -0.15) is 5.26 Å². The quantitative estimate of drug-likeness (QED) is 0.708. The van der Waals surface area contributed by atoms with Gasteiger partial charge in [-0.05, 0) is 0 Å². The summed E-state index contributed by atoms with van der Waals surface area (Å²) in [6.45, 7) is 1.62. The molecule has 0 bridgehead atoms. The van der Waals surface area contributed by atoms with E-state index in [1.54, 1.807) is 24.3 Å². The van der Waals surface area contributed by atoms with Gasteiger partial charge in [-0.25, -0.2) is 0 Å². The van der Waals surface area contributed by atoms with Crippen LogP contribution in [0.1, 0.15) is 16.8 Å². The molecule has 1 aliphatic heterocycles. The zero-order valence-electron chi connectivity index (χ0n) is 8.80. The highest BCUT2D eigenvalue weighted by atomic mass is 16.5. The van der Waals surface area contributed by atoms with Gasteiger partial charge in [0.2, 0.25) is 0 Å². The minimum absolute atomic E-state index is 0.0377. The molecule has 0 aliphatic carbocycles. The van der Waals surface area contributed by atoms with Crippen molar-refractivity contribution in [3.63, 3.8) is 0 Å². The van der Waals surface area contributed by atoms with E-state index < -0.39 is 0 Å². The summed E-state index contributed by atoms with van der Waals surface area (Å²) in [7, 11) is 0. The molecule has 82 valence electrons. The first-order valence-electron chi connectivity index (χ1n) is 4.89. The SMILES string of the molecule is C1=NCCO1.N#CCC(=O)c1ccccc1. The molecule has 0 saturated carbocycles. The first-order chi connectivity index (χ1) is 7.84. The maximum absolute atomic E-state index is 11.0. The Labute approximate surface area is 94.2 Å². The van der Waals surface area contributed by atoms with E-state index in [0.29, 0.717) is 5.56 Å². The van der Waals surface area contributed by atoms with Crippen molar-refractivity contribution in [2.45, 2.75) is 6.42 Å². The van der Waals surface area contributed by atoms with Gasteiger partial charge in [-0.1, -0.05) is 30.3 Å². The van der Waals surface area contributed by atoms with Crippen molar-refractivity contribution >= 4 is 12.2 Å². The third-order valence-corrected chi connectivity index (χ3v) is 1.82. The zero-order chi connectivity index (χ0) is 11.6. The molecule has 4 heteroatoms. The standard InChI is InChI=1S/C9H7NO.C3H5NO/c10-7-6-9(11)8-4-2-1-3-5-8;1-2-5-3-4-1/h1-5H,6H2;3H,1-2H2. The van der Waals surface area contributed by atoms with Crippen LogP contribution in [0.3, 0.4) is 0 Å². The predicted octanol–water partition coefficient (Wildman–Crippen LogP) is 1.83. The lowest BCUT2D eigenvalue weighted by atomic mass is 10.1. The minimum Gasteiger partial charge on any atom is -0.482 e. The molecule has 0 fully saturated rings. The van der Waals surface area contributed by atoms with Gasteiger partial charge in [0, 0.05) is 5.56 Å². The van der Waals surface area contributed by atoms with Gasteiger partial charge in [-0.3, -0.25) is 9.79 Å². The number of carbonyl (C=O) groups excluding carboxylic acids is 1. The number of hydrogen-bond donors (Lipinski definition) is 0. The molecular weight excluding hydrogens is 204 g/mol. The number of ether oxygens (including phenoxy) is 1. The van der Waals surface area contributed by atoms with E-state index in [4.69, 9.17) is 5.26 Å². The first kappa shape index (κ1) is 11.9. The second-order valence-corrected chi connectivity index (χ2v) is 3.01. The second kappa shape index (κ2) is 7.18. The number of ketones is 1. The molecule has 16 heavy (non-hydrogen) atoms. The van der Waals surface area contributed by atoms with Crippen molar-refractivity contribution in [3.05, 3.63) is 35.9 Å². The topological polar surface area (TPSA) is 62.4 Å². The van der Waals surface area contributed by atoms with Crippen molar-refractivity contribution in [2.75, 3.05) is 13.2 Å². The molecule has 0 amide bonds. The fraction of sp³-hybridized carbons (Fsp3) is 0.250. The molecule has 1 aromatic rings. The highest BCUT2D eigenvalue weighted by Gasteiger charge is 2.01. The Bertz CT molecular complexity index is 387. The van der Waals surface area contributed by atoms with Crippen LogP contribution in [0.2, 0.25) is 0 Å². The van der Waals surface area contributed by atoms with Gasteiger partial charge in [0.05, 0.1) is 19.0 Å². The van der Waals surface area contributed by atoms with Crippen molar-refractivity contribution in [3.8, 4) is 6.07 Å². The van der Waals surface area contributed by atoms with Crippen LogP contribution >= 0.6 is 0 Å². The number of hydrogen-bond acceptors (Lipinski definition) is 4. The average molecular weight is 216 g/mol. The van der Waals surface area contributed by atoms with E-state index in [0.717, 1.165) is 13.2 Å². The number of nitriles is 1. The smallest absolute Gasteiger partial charge is 0.176 e. The molecule has 4 nitrogen and oxygen atoms in total. The Hall–Kier alpha value is -2.15. The molecule has 1 aromatic carbocycles. The van der Waals surface area contributed by atoms with Crippen LogP contribution in [0.4, 0.5) is 0 Å². The lowest BCUT2D eigenvalue weighted by Crippen LogP contribution is -1.95. The summed E-state index contributed by atoms with van der Waals surface area (Å²) in [6.07, 6.45) is 1.45. The molecule has 0 saturated heterocycles. The van der Waals surface area contributed by atoms with E-state index in [9.17, 15) is 4.79 Å². The Morgan fingerprint density at radius 1 is 1.44 bits per heavy atom. The van der Waals surface area contributed by atoms with Gasteiger partial charge in [0.25, 0.3) is 0 Å². The number of Topliss-reactive ketones (excluding diaryl/α,β-unsaturated/α-hetero) is 1. The van der Waals surface area contributed by atoms with E-state index in [2.05, 4.69) is 9.73 Å². The number of rotatable bonds is 2. The fourth-order valence-electron chi connectivity index (χ4n) is 1.06. The van der Waals surface area contributed by atoms with Crippen LogP contribution in [-0.2, 0) is 4.74 Å². The maximum Gasteiger partial charge on any atom is 0.176 e. The van der Waals surface area contributed by atoms with Crippen LogP contribution in [-0.4, -0.2) is 25.3 Å². The summed E-state index contributed by atoms with van der Waals surface area (Å²) in [5.74, 6) is -0.117. The summed E-state index contributed by atoms with van der Waals surface area (Å²) in [6, 6.07) is 10.6. The lowest BCUT2D eigenvalue weighted by molar-refractivity contribution is 0.0997. The highest BCUT2D eigenvalue weighted by Crippen LogP contribution is 2.01. The van der Waals surface area contributed by atoms with E-state index in [1.807, 2.05) is 12.1 Å². The Morgan fingerprint density at radius 2 is 2.19 bits per heavy atom. The lowest BCUT2D eigenvalue weighted by Gasteiger charge is -1.92. The number of carbonyl (C=O) groups is 1. The average Bonchev–Trinajstić information content (AvgIpc) is 2.89. The largest absolute Gasteiger partial charge is 0.482 e. The predicted molar refractivity (Wildman–Crippen MR) is 60.3 cm³/mol. The van der Waals surface area contributed by atoms with Crippen LogP contribution in [0.25, 0.3) is 0 Å². The molecule has 0 spiro atoms. The molecular formula is C12H12N2O2. The summed E-state index contributed by atoms with van der Waals surface area (Å²) < 4.78 is 4.65. The molecule has 1 aliphatic rings. The van der Waals surface area contributed by atoms with Crippen LogP contribution in [0, 0.1) is 11.3 Å². The Balaban J connectivity index is 0.000000212. The van der Waals surface area contributed by atoms with Crippen molar-refractivity contribution < 1.29 is 9.53 Å². The Kier molecular flexibility index (Phi) is 5.35. The third-order valence-electron chi connectivity index (χ3n) is 1.82. The summed E-state index contributed by atoms with van der Waals surface area (Å²) >= 11 is 0. The number of nitrogens with zero attached hydrogens (tertiary/aromatic N) is 2. The zero-order valence-corrected chi connectivity index (χ0v) is 8.80. The van der Waals surface area contributed by atoms with Crippen molar-refractivity contribution in [1.82, 2.24) is 0 Å². The van der Waals surface area contributed by atoms with Crippen LogP contribution in [0.5, 0.6) is 0 Å². The molecule has 0 unspecified atom stereocenters. The van der Waals surface area contributed by atoms with E-state index in [-0.39, 0.29) is 12.2 Å². The summed E-state index contributed by atoms with van der Waals surface area (Å²) in [5, 5.41) is 8.23. The summed E-state index contributed by atoms with van der Waals surface area (Å²) in [5.41, 5.74) is 0.606. The van der Waals surface area contributed by atoms with E-state index in [1.165, 1.54) is 6.40 Å². The van der Waals surface area contributed by atoms with E-state index >= 15 is 0 Å². The molecule has 0 radical (unpaired) electrons. The maximum atomic E-state index is 11.0. The van der Waals surface area contributed by atoms with Crippen LogP contribution < -0.4 is 0 Å². The third kappa shape index (κ3) is 4.38. The number of benzene rings is 1. The van der Waals surface area contributed by atoms with Crippen molar-refractivity contribution in [2.24, 2.45) is 4.99 Å². The second-order valence-electron chi connectivity index (χ2n) is 3.01. The normalized spacial score (nSPS) is 11.9. The molecule has 2 rings (SSSR count). The molecule has 1 heterocycles. The van der Waals surface area contributed by atoms with Gasteiger partial charge < -0.3 is 4.74 Å². The van der Waals surface area contributed by atoms with Crippen LogP contribution in [0.15, 0.2) is 35.3 Å².